The zero-order valence-electron chi connectivity index (χ0n) is 15.3. The second kappa shape index (κ2) is 7.53. The highest BCUT2D eigenvalue weighted by molar-refractivity contribution is 5.98. The zero-order chi connectivity index (χ0) is 20.5. The van der Waals surface area contributed by atoms with Gasteiger partial charge in [0.2, 0.25) is 11.8 Å². The molecule has 1 atom stereocenters. The lowest BCUT2D eigenvalue weighted by atomic mass is 9.84. The Morgan fingerprint density at radius 3 is 2.50 bits per heavy atom. The number of halogens is 3. The van der Waals surface area contributed by atoms with Gasteiger partial charge in [0.25, 0.3) is 0 Å². The molecule has 0 saturated heterocycles. The van der Waals surface area contributed by atoms with Crippen molar-refractivity contribution in [2.75, 3.05) is 17.7 Å². The molecule has 2 N–H and O–H groups in total. The number of hydrogen-bond donors (Lipinski definition) is 2. The number of ether oxygens (including phenoxy) is 1. The number of carbonyl (C=O) groups is 2. The average molecular weight is 392 g/mol. The summed E-state index contributed by atoms with van der Waals surface area (Å²) >= 11 is 0. The first kappa shape index (κ1) is 19.7. The Morgan fingerprint density at radius 2 is 1.93 bits per heavy atom. The number of anilines is 2. The van der Waals surface area contributed by atoms with Gasteiger partial charge in [-0.3, -0.25) is 9.59 Å². The Hall–Kier alpha value is -3.03. The second-order valence-corrected chi connectivity index (χ2v) is 6.47. The van der Waals surface area contributed by atoms with Gasteiger partial charge in [-0.1, -0.05) is 19.1 Å². The molecule has 2 amide bonds. The molecule has 1 aliphatic heterocycles. The van der Waals surface area contributed by atoms with Gasteiger partial charge in [-0.25, -0.2) is 0 Å². The number of fused-ring (bicyclic) bond motifs is 1. The Bertz CT molecular complexity index is 908. The number of rotatable bonds is 4. The number of amides is 2. The lowest BCUT2D eigenvalue weighted by molar-refractivity contribution is -0.137. The molecular formula is C20H19F3N2O3. The van der Waals surface area contributed by atoms with Crippen molar-refractivity contribution in [1.29, 1.82) is 0 Å². The lowest BCUT2D eigenvalue weighted by Crippen LogP contribution is -2.24. The van der Waals surface area contributed by atoms with E-state index in [2.05, 4.69) is 10.6 Å². The van der Waals surface area contributed by atoms with Crippen LogP contribution >= 0.6 is 0 Å². The molecule has 0 aromatic heterocycles. The second-order valence-electron chi connectivity index (χ2n) is 6.47. The first-order valence-electron chi connectivity index (χ1n) is 8.71. The van der Waals surface area contributed by atoms with Gasteiger partial charge in [0.15, 0.2) is 0 Å². The maximum atomic E-state index is 12.8. The quantitative estimate of drug-likeness (QED) is 0.803. The Kier molecular flexibility index (Phi) is 5.31. The van der Waals surface area contributed by atoms with Crippen molar-refractivity contribution in [2.24, 2.45) is 0 Å². The van der Waals surface area contributed by atoms with Gasteiger partial charge in [0, 0.05) is 30.5 Å². The minimum Gasteiger partial charge on any atom is -0.494 e. The molecule has 0 bridgehead atoms. The minimum absolute atomic E-state index is 0.0891. The van der Waals surface area contributed by atoms with Crippen LogP contribution in [0.4, 0.5) is 24.5 Å². The summed E-state index contributed by atoms with van der Waals surface area (Å²) in [7, 11) is 1.45. The molecule has 0 fully saturated rings. The van der Waals surface area contributed by atoms with Crippen molar-refractivity contribution in [2.45, 2.75) is 31.9 Å². The number of nitrogens with one attached hydrogen (secondary N) is 2. The van der Waals surface area contributed by atoms with Crippen molar-refractivity contribution in [1.82, 2.24) is 0 Å². The molecule has 1 unspecified atom stereocenters. The number of hydrogen-bond acceptors (Lipinski definition) is 3. The fourth-order valence-corrected chi connectivity index (χ4v) is 3.20. The fraction of sp³-hybridized carbons (Fsp3) is 0.300. The number of methoxy groups -OCH3 is 1. The standard InChI is InChI=1S/C20H19F3N2O3/c1-3-18(26)25-16-8-14-13(9-19(27)24-15(14)10-17(16)28-2)11-4-6-12(7-5-11)20(21,22)23/h4-8,10,13H,3,9H2,1-2H3,(H,24,27)(H,25,26). The third-order valence-electron chi connectivity index (χ3n) is 4.65. The van der Waals surface area contributed by atoms with Gasteiger partial charge < -0.3 is 15.4 Å². The molecule has 0 spiro atoms. The van der Waals surface area contributed by atoms with E-state index in [0.29, 0.717) is 28.3 Å². The molecule has 8 heteroatoms. The van der Waals surface area contributed by atoms with E-state index >= 15 is 0 Å². The first-order chi connectivity index (χ1) is 13.2. The van der Waals surface area contributed by atoms with Crippen molar-refractivity contribution < 1.29 is 27.5 Å². The Morgan fingerprint density at radius 1 is 1.25 bits per heavy atom. The van der Waals surface area contributed by atoms with E-state index in [0.717, 1.165) is 12.1 Å². The number of benzene rings is 2. The average Bonchev–Trinajstić information content (AvgIpc) is 2.66. The van der Waals surface area contributed by atoms with E-state index < -0.39 is 17.7 Å². The van der Waals surface area contributed by atoms with Crippen molar-refractivity contribution in [3.05, 3.63) is 53.1 Å². The third-order valence-corrected chi connectivity index (χ3v) is 4.65. The van der Waals surface area contributed by atoms with Crippen LogP contribution in [0.2, 0.25) is 0 Å². The highest BCUT2D eigenvalue weighted by Crippen LogP contribution is 2.42. The molecule has 1 heterocycles. The number of alkyl halides is 3. The normalized spacial score (nSPS) is 16.2. The molecule has 2 aromatic rings. The lowest BCUT2D eigenvalue weighted by Gasteiger charge is -2.28. The summed E-state index contributed by atoms with van der Waals surface area (Å²) in [5.74, 6) is -0.503. The van der Waals surface area contributed by atoms with E-state index in [-0.39, 0.29) is 24.7 Å². The van der Waals surface area contributed by atoms with Crippen LogP contribution in [0.15, 0.2) is 36.4 Å². The van der Waals surface area contributed by atoms with Crippen LogP contribution in [0.25, 0.3) is 0 Å². The van der Waals surface area contributed by atoms with Crippen LogP contribution in [0.1, 0.15) is 42.4 Å². The molecule has 0 saturated carbocycles. The Balaban J connectivity index is 2.05. The predicted octanol–water partition coefficient (Wildman–Crippen LogP) is 4.54. The van der Waals surface area contributed by atoms with E-state index in [1.165, 1.54) is 19.2 Å². The van der Waals surface area contributed by atoms with Gasteiger partial charge in [0.05, 0.1) is 18.4 Å². The monoisotopic (exact) mass is 392 g/mol. The van der Waals surface area contributed by atoms with Crippen LogP contribution < -0.4 is 15.4 Å². The molecule has 2 aromatic carbocycles. The predicted molar refractivity (Wildman–Crippen MR) is 98.4 cm³/mol. The molecule has 0 radical (unpaired) electrons. The maximum Gasteiger partial charge on any atom is 0.416 e. The SMILES string of the molecule is CCC(=O)Nc1cc2c(cc1OC)NC(=O)CC2c1ccc(C(F)(F)F)cc1. The van der Waals surface area contributed by atoms with E-state index in [1.807, 2.05) is 0 Å². The molecule has 3 rings (SSSR count). The minimum atomic E-state index is -4.43. The summed E-state index contributed by atoms with van der Waals surface area (Å²) in [6.07, 6.45) is -4.06. The highest BCUT2D eigenvalue weighted by atomic mass is 19.4. The van der Waals surface area contributed by atoms with Crippen LogP contribution in [0.3, 0.4) is 0 Å². The van der Waals surface area contributed by atoms with Crippen LogP contribution in [-0.2, 0) is 15.8 Å². The van der Waals surface area contributed by atoms with E-state index in [9.17, 15) is 22.8 Å². The summed E-state index contributed by atoms with van der Waals surface area (Å²) in [6.45, 7) is 1.71. The van der Waals surface area contributed by atoms with Crippen molar-refractivity contribution in [3.8, 4) is 5.75 Å². The van der Waals surface area contributed by atoms with Gasteiger partial charge in [0.1, 0.15) is 5.75 Å². The maximum absolute atomic E-state index is 12.8. The van der Waals surface area contributed by atoms with Crippen molar-refractivity contribution in [3.63, 3.8) is 0 Å². The van der Waals surface area contributed by atoms with Gasteiger partial charge in [-0.05, 0) is 29.3 Å². The molecule has 1 aliphatic rings. The topological polar surface area (TPSA) is 67.4 Å². The van der Waals surface area contributed by atoms with Gasteiger partial charge in [-0.2, -0.15) is 13.2 Å². The van der Waals surface area contributed by atoms with Crippen LogP contribution in [0.5, 0.6) is 5.75 Å². The van der Waals surface area contributed by atoms with Crippen molar-refractivity contribution >= 4 is 23.2 Å². The van der Waals surface area contributed by atoms with E-state index in [1.54, 1.807) is 19.1 Å². The first-order valence-corrected chi connectivity index (χ1v) is 8.71. The summed E-state index contributed by atoms with van der Waals surface area (Å²) in [5.41, 5.74) is 1.49. The fourth-order valence-electron chi connectivity index (χ4n) is 3.20. The van der Waals surface area contributed by atoms with Crippen LogP contribution in [-0.4, -0.2) is 18.9 Å². The molecule has 28 heavy (non-hydrogen) atoms. The number of carbonyl (C=O) groups excluding carboxylic acids is 2. The molecule has 5 nitrogen and oxygen atoms in total. The summed E-state index contributed by atoms with van der Waals surface area (Å²) < 4.78 is 43.8. The van der Waals surface area contributed by atoms with E-state index in [4.69, 9.17) is 4.74 Å². The summed E-state index contributed by atoms with van der Waals surface area (Å²) in [5, 5.41) is 5.50. The zero-order valence-corrected chi connectivity index (χ0v) is 15.3. The van der Waals surface area contributed by atoms with Crippen LogP contribution in [0, 0.1) is 0 Å². The van der Waals surface area contributed by atoms with Gasteiger partial charge in [-0.15, -0.1) is 0 Å². The molecule has 148 valence electrons. The Labute approximate surface area is 159 Å². The highest BCUT2D eigenvalue weighted by Gasteiger charge is 2.32. The molecule has 0 aliphatic carbocycles. The smallest absolute Gasteiger partial charge is 0.416 e. The molecular weight excluding hydrogens is 373 g/mol. The van der Waals surface area contributed by atoms with Gasteiger partial charge >= 0.3 is 6.18 Å². The summed E-state index contributed by atoms with van der Waals surface area (Å²) in [4.78, 5) is 24.0. The largest absolute Gasteiger partial charge is 0.494 e. The third kappa shape index (κ3) is 3.95. The summed E-state index contributed by atoms with van der Waals surface area (Å²) in [6, 6.07) is 8.07.